The van der Waals surface area contributed by atoms with Crippen molar-refractivity contribution in [2.24, 2.45) is 23.7 Å². The van der Waals surface area contributed by atoms with Crippen LogP contribution in [0.5, 0.6) is 0 Å². The van der Waals surface area contributed by atoms with E-state index in [1.165, 1.54) is 7.11 Å². The SMILES string of the molecule is COC(=O)N[C@H](C(=O)N1CCC[C@H]1c1ncc(-c2ccc3c(c2)[C@@](C)(O)c2cc(-c4cnc([C@@H]5C6CCC(C6)C5C(=O)NCc5cccnc5)[nH]4)ccc2-3)[nH]1)C(C)C. The summed E-state index contributed by atoms with van der Waals surface area (Å²) in [6.07, 6.45) is 11.3. The van der Waals surface area contributed by atoms with Crippen molar-refractivity contribution in [3.05, 3.63) is 102 Å². The van der Waals surface area contributed by atoms with Gasteiger partial charge in [0.15, 0.2) is 0 Å². The molecule has 1 aliphatic heterocycles. The summed E-state index contributed by atoms with van der Waals surface area (Å²) >= 11 is 0. The Morgan fingerprint density at radius 3 is 2.26 bits per heavy atom. The number of imidazole rings is 2. The summed E-state index contributed by atoms with van der Waals surface area (Å²) in [4.78, 5) is 62.0. The van der Waals surface area contributed by atoms with Gasteiger partial charge in [0.25, 0.3) is 0 Å². The molecule has 13 heteroatoms. The zero-order valence-corrected chi connectivity index (χ0v) is 33.3. The van der Waals surface area contributed by atoms with Gasteiger partial charge in [0.2, 0.25) is 11.8 Å². The number of methoxy groups -OCH3 is 1. The summed E-state index contributed by atoms with van der Waals surface area (Å²) in [5.41, 5.74) is 6.69. The monoisotopic (exact) mass is 782 g/mol. The molecule has 3 fully saturated rings. The Hall–Kier alpha value is -5.82. The number of amides is 3. The molecule has 2 aromatic carbocycles. The minimum atomic E-state index is -1.27. The van der Waals surface area contributed by atoms with Gasteiger partial charge in [0.1, 0.15) is 23.3 Å². The average molecular weight is 783 g/mol. The molecule has 300 valence electrons. The quantitative estimate of drug-likeness (QED) is 0.105. The molecule has 2 saturated carbocycles. The van der Waals surface area contributed by atoms with E-state index in [0.717, 1.165) is 88.3 Å². The van der Waals surface area contributed by atoms with Crippen molar-refractivity contribution in [3.63, 3.8) is 0 Å². The van der Waals surface area contributed by atoms with Crippen LogP contribution in [-0.4, -0.2) is 72.5 Å². The van der Waals surface area contributed by atoms with E-state index in [4.69, 9.17) is 14.7 Å². The van der Waals surface area contributed by atoms with E-state index in [-0.39, 0.29) is 35.6 Å². The Morgan fingerprint density at radius 1 is 0.931 bits per heavy atom. The third-order valence-electron chi connectivity index (χ3n) is 13.2. The topological polar surface area (TPSA) is 178 Å². The van der Waals surface area contributed by atoms with Crippen LogP contribution in [0.4, 0.5) is 4.79 Å². The van der Waals surface area contributed by atoms with Gasteiger partial charge >= 0.3 is 6.09 Å². The summed E-state index contributed by atoms with van der Waals surface area (Å²) in [7, 11) is 1.29. The first-order valence-electron chi connectivity index (χ1n) is 20.5. The van der Waals surface area contributed by atoms with Crippen LogP contribution < -0.4 is 10.6 Å². The molecule has 4 heterocycles. The second-order valence-electron chi connectivity index (χ2n) is 17.0. The molecule has 0 spiro atoms. The van der Waals surface area contributed by atoms with Gasteiger partial charge in [-0.25, -0.2) is 14.8 Å². The number of carbonyl (C=O) groups excluding carboxylic acids is 3. The largest absolute Gasteiger partial charge is 0.453 e. The standard InChI is InChI=1S/C45H50N8O5/c1-24(2)39(52-44(56)58-4)43(55)53-16-6-8-36(53)40-47-22-34(50-40)26-11-13-30-31-14-12-27(19-33(31)45(3,57)32(30)18-26)35-23-48-41(51-35)37-28-9-10-29(17-28)38(37)42(54)49-21-25-7-5-15-46-20-25/h5,7,11-15,18-20,22-24,28-29,36-39,57H,6,8-10,16-17,21H2,1-4H3,(H,47,50)(H,48,51)(H,49,54)(H,52,56)/t28?,29?,36-,37+,38?,39-,45+/m0/s1. The number of nitrogens with one attached hydrogen (secondary N) is 4. The van der Waals surface area contributed by atoms with Gasteiger partial charge in [-0.1, -0.05) is 44.2 Å². The zero-order chi connectivity index (χ0) is 40.3. The van der Waals surface area contributed by atoms with Gasteiger partial charge in [-0.15, -0.1) is 0 Å². The lowest BCUT2D eigenvalue weighted by Gasteiger charge is -2.30. The highest BCUT2D eigenvalue weighted by atomic mass is 16.5. The summed E-state index contributed by atoms with van der Waals surface area (Å²) in [5, 5.41) is 18.1. The first-order valence-corrected chi connectivity index (χ1v) is 20.5. The molecule has 4 aliphatic rings. The highest BCUT2D eigenvalue weighted by Gasteiger charge is 2.52. The number of hydrogen-bond acceptors (Lipinski definition) is 8. The van der Waals surface area contributed by atoms with E-state index in [9.17, 15) is 19.5 Å². The molecule has 13 nitrogen and oxygen atoms in total. The second-order valence-corrected chi connectivity index (χ2v) is 17.0. The smallest absolute Gasteiger partial charge is 0.407 e. The first-order chi connectivity index (χ1) is 28.0. The maximum atomic E-state index is 13.7. The van der Waals surface area contributed by atoms with Crippen molar-refractivity contribution in [2.45, 2.75) is 83.0 Å². The summed E-state index contributed by atoms with van der Waals surface area (Å²) in [5.74, 6) is 2.00. The maximum Gasteiger partial charge on any atom is 0.407 e. The number of alkyl carbamates (subject to hydrolysis) is 1. The fourth-order valence-electron chi connectivity index (χ4n) is 10.2. The number of nitrogens with zero attached hydrogens (tertiary/aromatic N) is 4. The number of hydrogen-bond donors (Lipinski definition) is 5. The number of pyridine rings is 1. The van der Waals surface area contributed by atoms with Gasteiger partial charge in [0.05, 0.1) is 42.9 Å². The van der Waals surface area contributed by atoms with Crippen LogP contribution in [-0.2, 0) is 26.5 Å². The van der Waals surface area contributed by atoms with Crippen LogP contribution in [0.15, 0.2) is 73.3 Å². The van der Waals surface area contributed by atoms with Crippen LogP contribution in [0.25, 0.3) is 33.6 Å². The lowest BCUT2D eigenvalue weighted by molar-refractivity contribution is -0.135. The molecular weight excluding hydrogens is 733 g/mol. The lowest BCUT2D eigenvalue weighted by Crippen LogP contribution is -2.51. The normalized spacial score (nSPS) is 24.8. The van der Waals surface area contributed by atoms with Crippen LogP contribution in [0.2, 0.25) is 0 Å². The highest BCUT2D eigenvalue weighted by Crippen LogP contribution is 2.56. The highest BCUT2D eigenvalue weighted by molar-refractivity contribution is 5.87. The van der Waals surface area contributed by atoms with Gasteiger partial charge in [-0.3, -0.25) is 14.6 Å². The Kier molecular flexibility index (Phi) is 9.66. The maximum absolute atomic E-state index is 13.7. The Bertz CT molecular complexity index is 2370. The summed E-state index contributed by atoms with van der Waals surface area (Å²) in [6.45, 7) is 6.65. The van der Waals surface area contributed by atoms with Crippen molar-refractivity contribution in [1.29, 1.82) is 0 Å². The Morgan fingerprint density at radius 2 is 1.60 bits per heavy atom. The molecule has 9 rings (SSSR count). The molecule has 0 radical (unpaired) electrons. The van der Waals surface area contributed by atoms with E-state index < -0.39 is 17.7 Å². The number of likely N-dealkylation sites (tertiary alicyclic amines) is 1. The lowest BCUT2D eigenvalue weighted by atomic mass is 9.78. The van der Waals surface area contributed by atoms with Crippen molar-refractivity contribution >= 4 is 17.9 Å². The van der Waals surface area contributed by atoms with Gasteiger partial charge in [-0.2, -0.15) is 0 Å². The molecule has 3 unspecified atom stereocenters. The molecule has 2 bridgehead atoms. The van der Waals surface area contributed by atoms with Gasteiger partial charge in [0, 0.05) is 31.4 Å². The van der Waals surface area contributed by atoms with Crippen LogP contribution in [0, 0.1) is 23.7 Å². The molecule has 3 aromatic heterocycles. The van der Waals surface area contributed by atoms with E-state index in [1.807, 2.05) is 63.4 Å². The summed E-state index contributed by atoms with van der Waals surface area (Å²) in [6, 6.07) is 15.2. The molecule has 3 amide bonds. The summed E-state index contributed by atoms with van der Waals surface area (Å²) < 4.78 is 4.78. The predicted molar refractivity (Wildman–Crippen MR) is 217 cm³/mol. The van der Waals surface area contributed by atoms with Gasteiger partial charge < -0.3 is 35.3 Å². The zero-order valence-electron chi connectivity index (χ0n) is 33.3. The molecule has 7 atom stereocenters. The van der Waals surface area contributed by atoms with Crippen molar-refractivity contribution in [3.8, 4) is 33.6 Å². The Balaban J connectivity index is 0.928. The van der Waals surface area contributed by atoms with Crippen LogP contribution in [0.3, 0.4) is 0 Å². The van der Waals surface area contributed by atoms with E-state index in [2.05, 4.69) is 37.7 Å². The van der Waals surface area contributed by atoms with E-state index >= 15 is 0 Å². The minimum absolute atomic E-state index is 0.0300. The average Bonchev–Trinajstić information content (AvgIpc) is 4.10. The van der Waals surface area contributed by atoms with Crippen molar-refractivity contribution in [1.82, 2.24) is 40.5 Å². The molecular formula is C45H50N8O5. The van der Waals surface area contributed by atoms with Crippen molar-refractivity contribution < 1.29 is 24.2 Å². The molecule has 58 heavy (non-hydrogen) atoms. The number of aromatic amines is 2. The Labute approximate surface area is 337 Å². The first kappa shape index (κ1) is 37.7. The number of aromatic nitrogens is 5. The van der Waals surface area contributed by atoms with Crippen LogP contribution >= 0.6 is 0 Å². The number of aliphatic hydroxyl groups is 1. The third-order valence-corrected chi connectivity index (χ3v) is 13.2. The third kappa shape index (κ3) is 6.54. The minimum Gasteiger partial charge on any atom is -0.453 e. The molecule has 1 saturated heterocycles. The predicted octanol–water partition coefficient (Wildman–Crippen LogP) is 6.59. The number of benzene rings is 2. The number of H-pyrrole nitrogens is 2. The molecule has 3 aliphatic carbocycles. The molecule has 5 N–H and O–H groups in total. The molecule has 5 aromatic rings. The number of carbonyl (C=O) groups is 3. The van der Waals surface area contributed by atoms with E-state index in [1.54, 1.807) is 23.5 Å². The van der Waals surface area contributed by atoms with Crippen molar-refractivity contribution in [2.75, 3.05) is 13.7 Å². The van der Waals surface area contributed by atoms with E-state index in [0.29, 0.717) is 30.7 Å². The second kappa shape index (κ2) is 14.8. The van der Waals surface area contributed by atoms with Crippen LogP contribution in [0.1, 0.15) is 93.2 Å². The fourth-order valence-corrected chi connectivity index (χ4v) is 10.2. The number of ether oxygens (including phenoxy) is 1. The number of fused-ring (bicyclic) bond motifs is 5. The fraction of sp³-hybridized carbons (Fsp3) is 0.422. The van der Waals surface area contributed by atoms with Gasteiger partial charge in [-0.05, 0) is 114 Å². The number of rotatable bonds is 10.